The highest BCUT2D eigenvalue weighted by molar-refractivity contribution is 6.33. The molecule has 0 atom stereocenters. The number of hydrogen-bond acceptors (Lipinski definition) is 2. The average molecular weight is 239 g/mol. The smallest absolute Gasteiger partial charge is 0.418 e. The molecule has 0 amide bonds. The second kappa shape index (κ2) is 3.73. The maximum Gasteiger partial charge on any atom is 0.418 e. The summed E-state index contributed by atoms with van der Waals surface area (Å²) in [4.78, 5) is 10.9. The van der Waals surface area contributed by atoms with E-state index in [2.05, 4.69) is 0 Å². The summed E-state index contributed by atoms with van der Waals surface area (Å²) in [5.74, 6) is -1.33. The van der Waals surface area contributed by atoms with E-state index in [1.807, 2.05) is 0 Å². The van der Waals surface area contributed by atoms with Crippen molar-refractivity contribution in [1.29, 1.82) is 0 Å². The van der Waals surface area contributed by atoms with Crippen LogP contribution in [0.5, 0.6) is 5.75 Å². The number of rotatable bonds is 1. The monoisotopic (exact) mass is 238 g/mol. The molecule has 0 aliphatic carbocycles. The number of alkyl halides is 3. The van der Waals surface area contributed by atoms with Gasteiger partial charge in [-0.3, -0.25) is 4.79 Å². The minimum absolute atomic E-state index is 0.232. The Balaban J connectivity index is 3.45. The molecule has 0 aliphatic heterocycles. The number of halogens is 4. The van der Waals surface area contributed by atoms with Crippen LogP contribution in [-0.4, -0.2) is 10.9 Å². The van der Waals surface area contributed by atoms with Gasteiger partial charge in [-0.15, -0.1) is 0 Å². The van der Waals surface area contributed by atoms with Crippen LogP contribution in [0.3, 0.4) is 0 Å². The molecule has 1 aromatic rings. The van der Waals surface area contributed by atoms with Gasteiger partial charge in [0.1, 0.15) is 5.75 Å². The molecule has 82 valence electrons. The molecule has 6 heteroatoms. The van der Waals surface area contributed by atoms with Gasteiger partial charge in [0.05, 0.1) is 10.6 Å². The van der Waals surface area contributed by atoms with Crippen LogP contribution in [-0.2, 0) is 6.18 Å². The van der Waals surface area contributed by atoms with E-state index in [1.165, 1.54) is 0 Å². The van der Waals surface area contributed by atoms with Crippen molar-refractivity contribution in [3.05, 3.63) is 28.3 Å². The van der Waals surface area contributed by atoms with Crippen LogP contribution in [0.15, 0.2) is 12.1 Å². The zero-order valence-corrected chi connectivity index (χ0v) is 8.28. The molecular weight excluding hydrogens is 233 g/mol. The predicted molar refractivity (Wildman–Crippen MR) is 48.1 cm³/mol. The predicted octanol–water partition coefficient (Wildman–Crippen LogP) is 3.27. The second-order valence-corrected chi connectivity index (χ2v) is 3.29. The van der Waals surface area contributed by atoms with Crippen molar-refractivity contribution in [2.45, 2.75) is 13.1 Å². The standard InChI is InChI=1S/C9H6ClF3O2/c1-4(14)5-2-6(9(11,12)13)8(10)7(15)3-5/h2-3,15H,1H3. The van der Waals surface area contributed by atoms with Gasteiger partial charge in [-0.1, -0.05) is 11.6 Å². The fourth-order valence-corrected chi connectivity index (χ4v) is 1.23. The lowest BCUT2D eigenvalue weighted by Crippen LogP contribution is -2.07. The van der Waals surface area contributed by atoms with E-state index in [0.717, 1.165) is 13.0 Å². The van der Waals surface area contributed by atoms with Gasteiger partial charge in [-0.2, -0.15) is 13.2 Å². The van der Waals surface area contributed by atoms with E-state index in [0.29, 0.717) is 6.07 Å². The van der Waals surface area contributed by atoms with E-state index < -0.39 is 28.3 Å². The largest absolute Gasteiger partial charge is 0.506 e. The number of Topliss-reactive ketones (excluding diaryl/α,β-unsaturated/α-hetero) is 1. The molecule has 15 heavy (non-hydrogen) atoms. The Kier molecular flexibility index (Phi) is 2.95. The summed E-state index contributed by atoms with van der Waals surface area (Å²) in [7, 11) is 0. The highest BCUT2D eigenvalue weighted by atomic mass is 35.5. The van der Waals surface area contributed by atoms with E-state index in [1.54, 1.807) is 0 Å². The third kappa shape index (κ3) is 2.41. The third-order valence-electron chi connectivity index (χ3n) is 1.77. The number of aromatic hydroxyl groups is 1. The molecule has 0 spiro atoms. The first-order valence-electron chi connectivity index (χ1n) is 3.84. The lowest BCUT2D eigenvalue weighted by Gasteiger charge is -2.11. The summed E-state index contributed by atoms with van der Waals surface area (Å²) in [6, 6.07) is 1.52. The second-order valence-electron chi connectivity index (χ2n) is 2.91. The molecule has 1 rings (SSSR count). The van der Waals surface area contributed by atoms with E-state index in [-0.39, 0.29) is 5.56 Å². The maximum atomic E-state index is 12.4. The topological polar surface area (TPSA) is 37.3 Å². The van der Waals surface area contributed by atoms with Crippen molar-refractivity contribution in [2.24, 2.45) is 0 Å². The molecule has 1 aromatic carbocycles. The number of carbonyl (C=O) groups is 1. The van der Waals surface area contributed by atoms with Gasteiger partial charge in [0.15, 0.2) is 5.78 Å². The molecule has 2 nitrogen and oxygen atoms in total. The van der Waals surface area contributed by atoms with Crippen LogP contribution >= 0.6 is 11.6 Å². The van der Waals surface area contributed by atoms with Gasteiger partial charge < -0.3 is 5.11 Å². The lowest BCUT2D eigenvalue weighted by atomic mass is 10.1. The number of phenols is 1. The highest BCUT2D eigenvalue weighted by Crippen LogP contribution is 2.39. The van der Waals surface area contributed by atoms with Crippen LogP contribution in [0, 0.1) is 0 Å². The summed E-state index contributed by atoms with van der Waals surface area (Å²) in [5.41, 5.74) is -1.45. The van der Waals surface area contributed by atoms with Crippen LogP contribution in [0.2, 0.25) is 5.02 Å². The zero-order chi connectivity index (χ0) is 11.8. The normalized spacial score (nSPS) is 11.5. The Morgan fingerprint density at radius 1 is 1.40 bits per heavy atom. The van der Waals surface area contributed by atoms with Crippen molar-refractivity contribution in [1.82, 2.24) is 0 Å². The Labute approximate surface area is 88.3 Å². The minimum Gasteiger partial charge on any atom is -0.506 e. The van der Waals surface area contributed by atoms with Gasteiger partial charge >= 0.3 is 6.18 Å². The highest BCUT2D eigenvalue weighted by Gasteiger charge is 2.35. The molecule has 0 aliphatic rings. The van der Waals surface area contributed by atoms with Crippen LogP contribution < -0.4 is 0 Å². The Hall–Kier alpha value is -1.23. The number of carbonyl (C=O) groups excluding carboxylic acids is 1. The maximum absolute atomic E-state index is 12.4. The van der Waals surface area contributed by atoms with Crippen molar-refractivity contribution >= 4 is 17.4 Å². The minimum atomic E-state index is -4.69. The van der Waals surface area contributed by atoms with E-state index in [9.17, 15) is 18.0 Å². The Bertz CT molecular complexity index is 413. The summed E-state index contributed by atoms with van der Waals surface area (Å²) in [6.07, 6.45) is -4.69. The fraction of sp³-hybridized carbons (Fsp3) is 0.222. The summed E-state index contributed by atoms with van der Waals surface area (Å²) >= 11 is 5.27. The summed E-state index contributed by atoms with van der Waals surface area (Å²) in [6.45, 7) is 1.10. The first kappa shape index (κ1) is 11.8. The van der Waals surface area contributed by atoms with Gasteiger partial charge in [-0.05, 0) is 19.1 Å². The summed E-state index contributed by atoms with van der Waals surface area (Å²) in [5, 5.41) is 8.31. The number of hydrogen-bond donors (Lipinski definition) is 1. The summed E-state index contributed by atoms with van der Waals surface area (Å²) < 4.78 is 37.1. The van der Waals surface area contributed by atoms with E-state index >= 15 is 0 Å². The molecule has 0 saturated carbocycles. The number of ketones is 1. The van der Waals surface area contributed by atoms with Gasteiger partial charge in [0, 0.05) is 5.56 Å². The van der Waals surface area contributed by atoms with Crippen molar-refractivity contribution < 1.29 is 23.1 Å². The molecule has 0 unspecified atom stereocenters. The van der Waals surface area contributed by atoms with Crippen molar-refractivity contribution in [2.75, 3.05) is 0 Å². The Morgan fingerprint density at radius 3 is 2.33 bits per heavy atom. The van der Waals surface area contributed by atoms with Gasteiger partial charge in [0.2, 0.25) is 0 Å². The molecule has 0 fully saturated rings. The van der Waals surface area contributed by atoms with E-state index in [4.69, 9.17) is 16.7 Å². The van der Waals surface area contributed by atoms with Crippen molar-refractivity contribution in [3.8, 4) is 5.75 Å². The molecule has 0 radical (unpaired) electrons. The number of phenolic OH excluding ortho intramolecular Hbond substituents is 1. The van der Waals surface area contributed by atoms with Gasteiger partial charge in [0.25, 0.3) is 0 Å². The first-order valence-corrected chi connectivity index (χ1v) is 4.22. The van der Waals surface area contributed by atoms with Crippen LogP contribution in [0.25, 0.3) is 0 Å². The first-order chi connectivity index (χ1) is 6.73. The number of benzene rings is 1. The molecule has 1 N–H and O–H groups in total. The molecule has 0 saturated heterocycles. The van der Waals surface area contributed by atoms with Gasteiger partial charge in [-0.25, -0.2) is 0 Å². The molecule has 0 aromatic heterocycles. The van der Waals surface area contributed by atoms with Crippen molar-refractivity contribution in [3.63, 3.8) is 0 Å². The lowest BCUT2D eigenvalue weighted by molar-refractivity contribution is -0.137. The third-order valence-corrected chi connectivity index (χ3v) is 2.16. The molecule has 0 heterocycles. The zero-order valence-electron chi connectivity index (χ0n) is 7.52. The fourth-order valence-electron chi connectivity index (χ4n) is 1.02. The van der Waals surface area contributed by atoms with Crippen LogP contribution in [0.1, 0.15) is 22.8 Å². The molecule has 0 bridgehead atoms. The SMILES string of the molecule is CC(=O)c1cc(O)c(Cl)c(C(F)(F)F)c1. The van der Waals surface area contributed by atoms with Crippen LogP contribution in [0.4, 0.5) is 13.2 Å². The quantitative estimate of drug-likeness (QED) is 0.763. The Morgan fingerprint density at radius 2 is 1.93 bits per heavy atom. The molecular formula is C9H6ClF3O2. The average Bonchev–Trinajstić information content (AvgIpc) is 2.06.